The minimum Gasteiger partial charge on any atom is -0.375 e. The molecular formula is C17H28N2O. The normalized spacial score (nSPS) is 23.1. The molecule has 1 N–H and O–H groups in total. The molecule has 2 unspecified atom stereocenters. The van der Waals surface area contributed by atoms with Crippen molar-refractivity contribution >= 4 is 5.69 Å². The van der Waals surface area contributed by atoms with Gasteiger partial charge in [0.15, 0.2) is 0 Å². The fraction of sp³-hybridized carbons (Fsp3) is 0.647. The van der Waals surface area contributed by atoms with Crippen molar-refractivity contribution < 1.29 is 4.74 Å². The van der Waals surface area contributed by atoms with Gasteiger partial charge >= 0.3 is 0 Å². The Labute approximate surface area is 123 Å². The Hall–Kier alpha value is -1.06. The first-order valence-corrected chi connectivity index (χ1v) is 7.80. The Bertz CT molecular complexity index is 433. The zero-order valence-corrected chi connectivity index (χ0v) is 13.3. The number of hydrogen-bond donors (Lipinski definition) is 1. The predicted octanol–water partition coefficient (Wildman–Crippen LogP) is 3.11. The van der Waals surface area contributed by atoms with Crippen molar-refractivity contribution in [2.24, 2.45) is 0 Å². The Morgan fingerprint density at radius 2 is 2.15 bits per heavy atom. The molecule has 0 spiro atoms. The van der Waals surface area contributed by atoms with Crippen LogP contribution in [-0.4, -0.2) is 31.8 Å². The maximum absolute atomic E-state index is 5.72. The van der Waals surface area contributed by atoms with Crippen molar-refractivity contribution in [3.8, 4) is 0 Å². The Morgan fingerprint density at radius 3 is 2.85 bits per heavy atom. The van der Waals surface area contributed by atoms with E-state index in [0.717, 1.165) is 26.2 Å². The molecule has 20 heavy (non-hydrogen) atoms. The van der Waals surface area contributed by atoms with E-state index in [-0.39, 0.29) is 0 Å². The smallest absolute Gasteiger partial charge is 0.0723 e. The summed E-state index contributed by atoms with van der Waals surface area (Å²) in [7, 11) is 0. The second-order valence-corrected chi connectivity index (χ2v) is 5.94. The first kappa shape index (κ1) is 15.3. The van der Waals surface area contributed by atoms with Gasteiger partial charge in [-0.05, 0) is 50.9 Å². The number of hydrogen-bond acceptors (Lipinski definition) is 3. The quantitative estimate of drug-likeness (QED) is 0.836. The molecule has 0 saturated carbocycles. The zero-order valence-electron chi connectivity index (χ0n) is 13.3. The number of ether oxygens (including phenoxy) is 1. The van der Waals surface area contributed by atoms with Crippen molar-refractivity contribution in [1.29, 1.82) is 0 Å². The molecule has 2 atom stereocenters. The largest absolute Gasteiger partial charge is 0.375 e. The third-order valence-electron chi connectivity index (χ3n) is 3.93. The molecule has 0 radical (unpaired) electrons. The van der Waals surface area contributed by atoms with Gasteiger partial charge in [0.1, 0.15) is 0 Å². The third-order valence-corrected chi connectivity index (χ3v) is 3.93. The summed E-state index contributed by atoms with van der Waals surface area (Å²) in [6.07, 6.45) is 1.50. The molecule has 0 aliphatic carbocycles. The molecule has 0 bridgehead atoms. The highest BCUT2D eigenvalue weighted by Crippen LogP contribution is 2.26. The minimum absolute atomic E-state index is 0.316. The van der Waals surface area contributed by atoms with Crippen molar-refractivity contribution in [1.82, 2.24) is 5.32 Å². The molecule has 1 heterocycles. The molecule has 0 amide bonds. The second-order valence-electron chi connectivity index (χ2n) is 5.94. The number of aryl methyl sites for hydroxylation is 1. The van der Waals surface area contributed by atoms with Crippen LogP contribution in [0, 0.1) is 6.92 Å². The van der Waals surface area contributed by atoms with Crippen molar-refractivity contribution in [2.75, 3.05) is 24.6 Å². The van der Waals surface area contributed by atoms with E-state index in [9.17, 15) is 0 Å². The number of benzene rings is 1. The molecule has 2 rings (SSSR count). The number of rotatable bonds is 5. The van der Waals surface area contributed by atoms with Gasteiger partial charge in [0.05, 0.1) is 12.7 Å². The Morgan fingerprint density at radius 1 is 1.35 bits per heavy atom. The number of nitrogens with zero attached hydrogens (tertiary/aromatic N) is 1. The van der Waals surface area contributed by atoms with Gasteiger partial charge in [0.2, 0.25) is 0 Å². The van der Waals surface area contributed by atoms with Crippen molar-refractivity contribution in [3.63, 3.8) is 0 Å². The van der Waals surface area contributed by atoms with E-state index in [1.54, 1.807) is 0 Å². The van der Waals surface area contributed by atoms with Crippen LogP contribution in [0.1, 0.15) is 38.3 Å². The lowest BCUT2D eigenvalue weighted by atomic mass is 10.1. The van der Waals surface area contributed by atoms with Crippen LogP contribution in [-0.2, 0) is 11.3 Å². The highest BCUT2D eigenvalue weighted by molar-refractivity contribution is 5.55. The van der Waals surface area contributed by atoms with Gasteiger partial charge in [-0.15, -0.1) is 0 Å². The maximum atomic E-state index is 5.72. The molecule has 1 aliphatic heterocycles. The lowest BCUT2D eigenvalue weighted by molar-refractivity contribution is 0.0343. The lowest BCUT2D eigenvalue weighted by Crippen LogP contribution is -2.47. The SMILES string of the molecule is CCCNCc1ccc(N2CC(C)OCC2C)c(C)c1. The number of anilines is 1. The first-order valence-electron chi connectivity index (χ1n) is 7.80. The molecule has 1 aliphatic rings. The van der Waals surface area contributed by atoms with Crippen LogP contribution in [0.25, 0.3) is 0 Å². The molecule has 3 nitrogen and oxygen atoms in total. The molecule has 1 saturated heterocycles. The van der Waals surface area contributed by atoms with Gasteiger partial charge in [-0.3, -0.25) is 0 Å². The molecule has 1 aromatic rings. The van der Waals surface area contributed by atoms with E-state index in [1.165, 1.54) is 23.2 Å². The van der Waals surface area contributed by atoms with Crippen LogP contribution >= 0.6 is 0 Å². The number of morpholine rings is 1. The Kier molecular flexibility index (Phi) is 5.44. The zero-order chi connectivity index (χ0) is 14.5. The van der Waals surface area contributed by atoms with Crippen molar-refractivity contribution in [2.45, 2.75) is 52.8 Å². The van der Waals surface area contributed by atoms with Gasteiger partial charge in [0.25, 0.3) is 0 Å². The van der Waals surface area contributed by atoms with Gasteiger partial charge < -0.3 is 15.0 Å². The summed E-state index contributed by atoms with van der Waals surface area (Å²) < 4.78 is 5.72. The van der Waals surface area contributed by atoms with Gasteiger partial charge in [-0.1, -0.05) is 19.1 Å². The highest BCUT2D eigenvalue weighted by atomic mass is 16.5. The molecular weight excluding hydrogens is 248 g/mol. The summed E-state index contributed by atoms with van der Waals surface area (Å²) in [6.45, 7) is 12.6. The van der Waals surface area contributed by atoms with Crippen LogP contribution in [0.2, 0.25) is 0 Å². The lowest BCUT2D eigenvalue weighted by Gasteiger charge is -2.39. The average molecular weight is 276 g/mol. The summed E-state index contributed by atoms with van der Waals surface area (Å²) in [4.78, 5) is 2.48. The van der Waals surface area contributed by atoms with Crippen LogP contribution in [0.5, 0.6) is 0 Å². The summed E-state index contributed by atoms with van der Waals surface area (Å²) in [5, 5.41) is 3.46. The molecule has 112 valence electrons. The highest BCUT2D eigenvalue weighted by Gasteiger charge is 2.24. The van der Waals surface area contributed by atoms with E-state index in [1.807, 2.05) is 0 Å². The third kappa shape index (κ3) is 3.74. The standard InChI is InChI=1S/C17H28N2O/c1-5-8-18-10-16-6-7-17(13(2)9-16)19-11-15(4)20-12-14(19)3/h6-7,9,14-15,18H,5,8,10-12H2,1-4H3. The molecule has 3 heteroatoms. The fourth-order valence-corrected chi connectivity index (χ4v) is 2.80. The topological polar surface area (TPSA) is 24.5 Å². The van der Waals surface area contributed by atoms with Gasteiger partial charge in [-0.2, -0.15) is 0 Å². The predicted molar refractivity (Wildman–Crippen MR) is 85.4 cm³/mol. The van der Waals surface area contributed by atoms with Gasteiger partial charge in [0, 0.05) is 24.8 Å². The summed E-state index contributed by atoms with van der Waals surface area (Å²) in [6, 6.07) is 7.28. The van der Waals surface area contributed by atoms with Crippen LogP contribution in [0.15, 0.2) is 18.2 Å². The monoisotopic (exact) mass is 276 g/mol. The van der Waals surface area contributed by atoms with E-state index in [0.29, 0.717) is 12.1 Å². The van der Waals surface area contributed by atoms with E-state index in [4.69, 9.17) is 4.74 Å². The Balaban J connectivity index is 2.08. The van der Waals surface area contributed by atoms with Gasteiger partial charge in [-0.25, -0.2) is 0 Å². The molecule has 1 aromatic carbocycles. The van der Waals surface area contributed by atoms with E-state index in [2.05, 4.69) is 56.1 Å². The average Bonchev–Trinajstić information content (AvgIpc) is 2.42. The van der Waals surface area contributed by atoms with E-state index < -0.39 is 0 Å². The van der Waals surface area contributed by atoms with E-state index >= 15 is 0 Å². The molecule has 1 fully saturated rings. The summed E-state index contributed by atoms with van der Waals surface area (Å²) in [5.74, 6) is 0. The van der Waals surface area contributed by atoms with Crippen molar-refractivity contribution in [3.05, 3.63) is 29.3 Å². The fourth-order valence-electron chi connectivity index (χ4n) is 2.80. The first-order chi connectivity index (χ1) is 9.61. The molecule has 0 aromatic heterocycles. The van der Waals surface area contributed by atoms with Crippen LogP contribution < -0.4 is 10.2 Å². The van der Waals surface area contributed by atoms with Crippen LogP contribution in [0.4, 0.5) is 5.69 Å². The van der Waals surface area contributed by atoms with Crippen LogP contribution in [0.3, 0.4) is 0 Å². The second kappa shape index (κ2) is 7.09. The number of nitrogens with one attached hydrogen (secondary N) is 1. The minimum atomic E-state index is 0.316. The summed E-state index contributed by atoms with van der Waals surface area (Å²) >= 11 is 0. The maximum Gasteiger partial charge on any atom is 0.0723 e. The summed E-state index contributed by atoms with van der Waals surface area (Å²) in [5.41, 5.74) is 4.09.